The largest absolute Gasteiger partial charge is 0.356 e. The lowest BCUT2D eigenvalue weighted by atomic mass is 10.1. The van der Waals surface area contributed by atoms with Crippen molar-refractivity contribution in [3.8, 4) is 0 Å². The Morgan fingerprint density at radius 2 is 2.07 bits per heavy atom. The van der Waals surface area contributed by atoms with Gasteiger partial charge in [0.15, 0.2) is 0 Å². The van der Waals surface area contributed by atoms with Crippen molar-refractivity contribution in [1.29, 1.82) is 0 Å². The van der Waals surface area contributed by atoms with Crippen LogP contribution in [-0.2, 0) is 4.79 Å². The molecule has 1 heterocycles. The zero-order valence-corrected chi connectivity index (χ0v) is 10.4. The second-order valence-corrected chi connectivity index (χ2v) is 5.14. The van der Waals surface area contributed by atoms with Gasteiger partial charge in [-0.25, -0.2) is 0 Å². The molecule has 0 bridgehead atoms. The van der Waals surface area contributed by atoms with Crippen molar-refractivity contribution in [1.82, 2.24) is 10.2 Å². The number of nitrogens with one attached hydrogen (secondary N) is 1. The molecule has 0 aromatic carbocycles. The van der Waals surface area contributed by atoms with Gasteiger partial charge in [-0.2, -0.15) is 0 Å². The third-order valence-electron chi connectivity index (χ3n) is 3.14. The summed E-state index contributed by atoms with van der Waals surface area (Å²) in [7, 11) is 0. The minimum atomic E-state index is 0.104. The third kappa shape index (κ3) is 3.82. The molecule has 0 saturated carbocycles. The van der Waals surface area contributed by atoms with Gasteiger partial charge in [0, 0.05) is 25.0 Å². The maximum atomic E-state index is 11.4. The number of hydrogen-bond acceptors (Lipinski definition) is 2. The lowest BCUT2D eigenvalue weighted by Gasteiger charge is -2.20. The molecule has 88 valence electrons. The van der Waals surface area contributed by atoms with Crippen LogP contribution in [0.4, 0.5) is 0 Å². The molecule has 0 aromatic rings. The van der Waals surface area contributed by atoms with Crippen molar-refractivity contribution in [2.75, 3.05) is 19.6 Å². The van der Waals surface area contributed by atoms with Gasteiger partial charge in [-0.3, -0.25) is 4.79 Å². The topological polar surface area (TPSA) is 32.3 Å². The van der Waals surface area contributed by atoms with Crippen molar-refractivity contribution in [3.63, 3.8) is 0 Å². The molecule has 1 saturated heterocycles. The molecular weight excluding hydrogens is 188 g/mol. The maximum Gasteiger partial charge on any atom is 0.222 e. The highest BCUT2D eigenvalue weighted by Gasteiger charge is 2.24. The molecule has 1 N–H and O–H groups in total. The molecule has 0 aromatic heterocycles. The van der Waals surface area contributed by atoms with Crippen molar-refractivity contribution in [2.45, 2.75) is 40.2 Å². The summed E-state index contributed by atoms with van der Waals surface area (Å²) in [6, 6.07) is 0.635. The van der Waals surface area contributed by atoms with E-state index in [1.807, 2.05) is 13.8 Å². The summed E-state index contributed by atoms with van der Waals surface area (Å²) in [5, 5.41) is 3.02. The SMILES string of the molecule is CC(C)C(=O)NCC1CCN(C(C)C)C1. The van der Waals surface area contributed by atoms with E-state index in [4.69, 9.17) is 0 Å². The Morgan fingerprint density at radius 3 is 2.53 bits per heavy atom. The van der Waals surface area contributed by atoms with Crippen LogP contribution in [0.5, 0.6) is 0 Å². The molecule has 1 aliphatic heterocycles. The van der Waals surface area contributed by atoms with Crippen LogP contribution in [0.3, 0.4) is 0 Å². The van der Waals surface area contributed by atoms with Crippen LogP contribution in [0.15, 0.2) is 0 Å². The first-order valence-corrected chi connectivity index (χ1v) is 6.02. The average Bonchev–Trinajstić information content (AvgIpc) is 2.62. The fraction of sp³-hybridized carbons (Fsp3) is 0.917. The summed E-state index contributed by atoms with van der Waals surface area (Å²) >= 11 is 0. The molecule has 0 radical (unpaired) electrons. The molecule has 1 rings (SSSR count). The van der Waals surface area contributed by atoms with Crippen molar-refractivity contribution < 1.29 is 4.79 Å². The molecule has 3 heteroatoms. The molecule has 1 aliphatic rings. The second kappa shape index (κ2) is 5.50. The zero-order chi connectivity index (χ0) is 11.4. The Balaban J connectivity index is 2.22. The van der Waals surface area contributed by atoms with Crippen LogP contribution in [-0.4, -0.2) is 36.5 Å². The van der Waals surface area contributed by atoms with E-state index in [1.54, 1.807) is 0 Å². The van der Waals surface area contributed by atoms with E-state index in [-0.39, 0.29) is 11.8 Å². The Kier molecular flexibility index (Phi) is 4.58. The van der Waals surface area contributed by atoms with Gasteiger partial charge in [-0.1, -0.05) is 13.8 Å². The van der Waals surface area contributed by atoms with Gasteiger partial charge < -0.3 is 10.2 Å². The van der Waals surface area contributed by atoms with Crippen molar-refractivity contribution >= 4 is 5.91 Å². The van der Waals surface area contributed by atoms with Crippen LogP contribution in [0.25, 0.3) is 0 Å². The number of carbonyl (C=O) groups excluding carboxylic acids is 1. The van der Waals surface area contributed by atoms with Gasteiger partial charge in [0.2, 0.25) is 5.91 Å². The fourth-order valence-corrected chi connectivity index (χ4v) is 1.95. The normalized spacial score (nSPS) is 22.7. The highest BCUT2D eigenvalue weighted by atomic mass is 16.1. The van der Waals surface area contributed by atoms with E-state index < -0.39 is 0 Å². The van der Waals surface area contributed by atoms with Crippen LogP contribution in [0, 0.1) is 11.8 Å². The van der Waals surface area contributed by atoms with E-state index in [0.29, 0.717) is 12.0 Å². The van der Waals surface area contributed by atoms with Gasteiger partial charge >= 0.3 is 0 Å². The minimum Gasteiger partial charge on any atom is -0.356 e. The van der Waals surface area contributed by atoms with Crippen LogP contribution < -0.4 is 5.32 Å². The quantitative estimate of drug-likeness (QED) is 0.765. The monoisotopic (exact) mass is 212 g/mol. The van der Waals surface area contributed by atoms with Crippen LogP contribution >= 0.6 is 0 Å². The number of hydrogen-bond donors (Lipinski definition) is 1. The van der Waals surface area contributed by atoms with Gasteiger partial charge in [0.1, 0.15) is 0 Å². The van der Waals surface area contributed by atoms with Gasteiger partial charge in [0.25, 0.3) is 0 Å². The summed E-state index contributed by atoms with van der Waals surface area (Å²) in [4.78, 5) is 13.9. The molecule has 15 heavy (non-hydrogen) atoms. The first-order valence-electron chi connectivity index (χ1n) is 6.02. The molecule has 0 aliphatic carbocycles. The number of nitrogens with zero attached hydrogens (tertiary/aromatic N) is 1. The summed E-state index contributed by atoms with van der Waals surface area (Å²) < 4.78 is 0. The highest BCUT2D eigenvalue weighted by molar-refractivity contribution is 5.77. The Labute approximate surface area is 93.2 Å². The molecule has 3 nitrogen and oxygen atoms in total. The van der Waals surface area contributed by atoms with Crippen LogP contribution in [0.1, 0.15) is 34.1 Å². The Bertz CT molecular complexity index is 214. The fourth-order valence-electron chi connectivity index (χ4n) is 1.95. The molecule has 0 spiro atoms. The molecule has 1 amide bonds. The number of rotatable bonds is 4. The smallest absolute Gasteiger partial charge is 0.222 e. The lowest BCUT2D eigenvalue weighted by Crippen LogP contribution is -2.34. The third-order valence-corrected chi connectivity index (χ3v) is 3.14. The highest BCUT2D eigenvalue weighted by Crippen LogP contribution is 2.17. The second-order valence-electron chi connectivity index (χ2n) is 5.14. The molecule has 1 fully saturated rings. The standard InChI is InChI=1S/C12H24N2O/c1-9(2)12(15)13-7-11-5-6-14(8-11)10(3)4/h9-11H,5-8H2,1-4H3,(H,13,15). The lowest BCUT2D eigenvalue weighted by molar-refractivity contribution is -0.124. The van der Waals surface area contributed by atoms with E-state index in [9.17, 15) is 4.79 Å². The van der Waals surface area contributed by atoms with Crippen molar-refractivity contribution in [3.05, 3.63) is 0 Å². The average molecular weight is 212 g/mol. The molecule has 1 atom stereocenters. The summed E-state index contributed by atoms with van der Waals surface area (Å²) in [5.41, 5.74) is 0. The van der Waals surface area contributed by atoms with Crippen molar-refractivity contribution in [2.24, 2.45) is 11.8 Å². The first-order chi connectivity index (χ1) is 7.00. The summed E-state index contributed by atoms with van der Waals surface area (Å²) in [6.45, 7) is 11.5. The first kappa shape index (κ1) is 12.5. The summed E-state index contributed by atoms with van der Waals surface area (Å²) in [5.74, 6) is 0.931. The Hall–Kier alpha value is -0.570. The number of likely N-dealkylation sites (tertiary alicyclic amines) is 1. The van der Waals surface area contributed by atoms with E-state index in [0.717, 1.165) is 13.1 Å². The van der Waals surface area contributed by atoms with Gasteiger partial charge in [-0.05, 0) is 32.7 Å². The van der Waals surface area contributed by atoms with E-state index >= 15 is 0 Å². The van der Waals surface area contributed by atoms with Gasteiger partial charge in [0.05, 0.1) is 0 Å². The minimum absolute atomic E-state index is 0.104. The number of carbonyl (C=O) groups is 1. The van der Waals surface area contributed by atoms with E-state index in [2.05, 4.69) is 24.1 Å². The molecule has 1 unspecified atom stereocenters. The summed E-state index contributed by atoms with van der Waals surface area (Å²) in [6.07, 6.45) is 1.22. The van der Waals surface area contributed by atoms with Crippen LogP contribution in [0.2, 0.25) is 0 Å². The predicted octanol–water partition coefficient (Wildman–Crippen LogP) is 1.49. The van der Waals surface area contributed by atoms with E-state index in [1.165, 1.54) is 13.0 Å². The Morgan fingerprint density at radius 1 is 1.40 bits per heavy atom. The zero-order valence-electron chi connectivity index (χ0n) is 10.4. The predicted molar refractivity (Wildman–Crippen MR) is 62.7 cm³/mol. The van der Waals surface area contributed by atoms with Gasteiger partial charge in [-0.15, -0.1) is 0 Å². The number of amides is 1. The molecular formula is C12H24N2O. The maximum absolute atomic E-state index is 11.4.